The van der Waals surface area contributed by atoms with Gasteiger partial charge in [0.25, 0.3) is 0 Å². The molecule has 1 rings (SSSR count). The molecule has 0 aromatic rings. The van der Waals surface area contributed by atoms with Crippen LogP contribution in [0.25, 0.3) is 0 Å². The number of amides is 2. The lowest BCUT2D eigenvalue weighted by atomic mass is 9.93. The summed E-state index contributed by atoms with van der Waals surface area (Å²) in [6.07, 6.45) is 1.31. The van der Waals surface area contributed by atoms with Gasteiger partial charge in [0.15, 0.2) is 0 Å². The predicted octanol–water partition coefficient (Wildman–Crippen LogP) is 3.35. The van der Waals surface area contributed by atoms with Crippen LogP contribution in [0.3, 0.4) is 0 Å². The zero-order chi connectivity index (χ0) is 17.0. The van der Waals surface area contributed by atoms with Crippen molar-refractivity contribution in [2.75, 3.05) is 25.5 Å². The highest BCUT2D eigenvalue weighted by atomic mass is 32.2. The molecule has 5 heteroatoms. The predicted molar refractivity (Wildman–Crippen MR) is 91.9 cm³/mol. The van der Waals surface area contributed by atoms with Crippen molar-refractivity contribution in [3.8, 4) is 0 Å². The fraction of sp³-hybridized carbons (Fsp3) is 0.882. The number of imide groups is 1. The molecule has 0 radical (unpaired) electrons. The second kappa shape index (κ2) is 7.82. The fourth-order valence-electron chi connectivity index (χ4n) is 2.00. The SMILES string of the molecule is CC(C)(C)CCOCCN1C(=O)CC(SCC(C)(C)C)C1=O. The van der Waals surface area contributed by atoms with Crippen LogP contribution in [0.4, 0.5) is 0 Å². The topological polar surface area (TPSA) is 46.6 Å². The van der Waals surface area contributed by atoms with E-state index in [0.29, 0.717) is 26.2 Å². The lowest BCUT2D eigenvalue weighted by molar-refractivity contribution is -0.139. The van der Waals surface area contributed by atoms with Crippen molar-refractivity contribution in [2.45, 2.75) is 59.6 Å². The van der Waals surface area contributed by atoms with Crippen LogP contribution < -0.4 is 0 Å². The van der Waals surface area contributed by atoms with Crippen LogP contribution >= 0.6 is 11.8 Å². The molecule has 0 saturated carbocycles. The van der Waals surface area contributed by atoms with Gasteiger partial charge < -0.3 is 4.74 Å². The van der Waals surface area contributed by atoms with Crippen LogP contribution in [0.5, 0.6) is 0 Å². The Balaban J connectivity index is 2.33. The van der Waals surface area contributed by atoms with E-state index in [-0.39, 0.29) is 27.9 Å². The smallest absolute Gasteiger partial charge is 0.242 e. The van der Waals surface area contributed by atoms with E-state index in [1.165, 1.54) is 4.90 Å². The number of hydrogen-bond donors (Lipinski definition) is 0. The zero-order valence-electron chi connectivity index (χ0n) is 14.9. The van der Waals surface area contributed by atoms with Crippen molar-refractivity contribution in [1.82, 2.24) is 4.90 Å². The van der Waals surface area contributed by atoms with Crippen LogP contribution in [0, 0.1) is 10.8 Å². The van der Waals surface area contributed by atoms with E-state index in [2.05, 4.69) is 41.5 Å². The third-order valence-corrected chi connectivity index (χ3v) is 5.18. The van der Waals surface area contributed by atoms with Gasteiger partial charge in [0.1, 0.15) is 0 Å². The molecule has 22 heavy (non-hydrogen) atoms. The van der Waals surface area contributed by atoms with E-state index in [9.17, 15) is 9.59 Å². The van der Waals surface area contributed by atoms with Gasteiger partial charge in [-0.3, -0.25) is 14.5 Å². The van der Waals surface area contributed by atoms with Gasteiger partial charge >= 0.3 is 0 Å². The quantitative estimate of drug-likeness (QED) is 0.531. The van der Waals surface area contributed by atoms with Crippen molar-refractivity contribution in [2.24, 2.45) is 10.8 Å². The summed E-state index contributed by atoms with van der Waals surface area (Å²) in [7, 11) is 0. The first kappa shape index (κ1) is 19.5. The van der Waals surface area contributed by atoms with Gasteiger partial charge in [-0.1, -0.05) is 41.5 Å². The Bertz CT molecular complexity index is 396. The first-order chi connectivity index (χ1) is 9.99. The largest absolute Gasteiger partial charge is 0.380 e. The van der Waals surface area contributed by atoms with Crippen molar-refractivity contribution >= 4 is 23.6 Å². The maximum Gasteiger partial charge on any atom is 0.242 e. The molecule has 4 nitrogen and oxygen atoms in total. The summed E-state index contributed by atoms with van der Waals surface area (Å²) in [4.78, 5) is 25.6. The van der Waals surface area contributed by atoms with E-state index in [0.717, 1.165) is 12.2 Å². The molecular weight excluding hydrogens is 298 g/mol. The molecule has 1 atom stereocenters. The third-order valence-electron chi connectivity index (χ3n) is 3.38. The second-order valence-electron chi connectivity index (χ2n) is 8.37. The number of rotatable bonds is 7. The van der Waals surface area contributed by atoms with Crippen LogP contribution in [0.1, 0.15) is 54.4 Å². The Labute approximate surface area is 139 Å². The molecule has 0 aromatic carbocycles. The second-order valence-corrected chi connectivity index (χ2v) is 9.56. The number of ether oxygens (including phenoxy) is 1. The van der Waals surface area contributed by atoms with Crippen molar-refractivity contribution in [1.29, 1.82) is 0 Å². The number of thioether (sulfide) groups is 1. The molecule has 1 heterocycles. The molecule has 2 amide bonds. The third kappa shape index (κ3) is 7.14. The Hall–Kier alpha value is -0.550. The molecule has 1 aliphatic rings. The van der Waals surface area contributed by atoms with Crippen molar-refractivity contribution in [3.63, 3.8) is 0 Å². The molecule has 0 aliphatic carbocycles. The average molecular weight is 330 g/mol. The number of carbonyl (C=O) groups excluding carboxylic acids is 2. The number of hydrogen-bond acceptors (Lipinski definition) is 4. The van der Waals surface area contributed by atoms with Crippen LogP contribution in [0.2, 0.25) is 0 Å². The summed E-state index contributed by atoms with van der Waals surface area (Å²) in [5.41, 5.74) is 0.408. The molecule has 0 bridgehead atoms. The summed E-state index contributed by atoms with van der Waals surface area (Å²) in [5, 5.41) is -0.207. The molecule has 1 fully saturated rings. The van der Waals surface area contributed by atoms with Crippen molar-refractivity contribution in [3.05, 3.63) is 0 Å². The first-order valence-corrected chi connectivity index (χ1v) is 9.08. The summed E-state index contributed by atoms with van der Waals surface area (Å²) in [6, 6.07) is 0. The van der Waals surface area contributed by atoms with Gasteiger partial charge in [-0.15, -0.1) is 11.8 Å². The highest BCUT2D eigenvalue weighted by Crippen LogP contribution is 2.30. The zero-order valence-corrected chi connectivity index (χ0v) is 15.7. The summed E-state index contributed by atoms with van der Waals surface area (Å²) >= 11 is 1.60. The van der Waals surface area contributed by atoms with Gasteiger partial charge in [0.05, 0.1) is 18.4 Å². The monoisotopic (exact) mass is 329 g/mol. The minimum atomic E-state index is -0.207. The minimum absolute atomic E-state index is 0.0429. The van der Waals surface area contributed by atoms with E-state index in [1.54, 1.807) is 11.8 Å². The van der Waals surface area contributed by atoms with Crippen LogP contribution in [-0.2, 0) is 14.3 Å². The molecular formula is C17H31NO3S. The van der Waals surface area contributed by atoms with E-state index in [1.807, 2.05) is 0 Å². The fourth-order valence-corrected chi connectivity index (χ4v) is 3.24. The average Bonchev–Trinajstić information content (AvgIpc) is 2.60. The van der Waals surface area contributed by atoms with Crippen molar-refractivity contribution < 1.29 is 14.3 Å². The first-order valence-electron chi connectivity index (χ1n) is 8.03. The van der Waals surface area contributed by atoms with E-state index in [4.69, 9.17) is 4.74 Å². The lowest BCUT2D eigenvalue weighted by Gasteiger charge is -2.20. The molecule has 1 aliphatic heterocycles. The minimum Gasteiger partial charge on any atom is -0.380 e. The van der Waals surface area contributed by atoms with E-state index < -0.39 is 0 Å². The summed E-state index contributed by atoms with van der Waals surface area (Å²) in [6.45, 7) is 14.4. The highest BCUT2D eigenvalue weighted by molar-refractivity contribution is 8.00. The molecule has 1 saturated heterocycles. The lowest BCUT2D eigenvalue weighted by Crippen LogP contribution is -2.34. The Morgan fingerprint density at radius 1 is 1.09 bits per heavy atom. The van der Waals surface area contributed by atoms with Gasteiger partial charge in [-0.25, -0.2) is 0 Å². The molecule has 128 valence electrons. The molecule has 0 N–H and O–H groups in total. The maximum atomic E-state index is 12.3. The number of nitrogens with zero attached hydrogens (tertiary/aromatic N) is 1. The van der Waals surface area contributed by atoms with Crippen LogP contribution in [-0.4, -0.2) is 47.5 Å². The Morgan fingerprint density at radius 2 is 1.73 bits per heavy atom. The molecule has 1 unspecified atom stereocenters. The molecule has 0 aromatic heterocycles. The summed E-state index contributed by atoms with van der Waals surface area (Å²) < 4.78 is 5.56. The number of likely N-dealkylation sites (tertiary alicyclic amines) is 1. The van der Waals surface area contributed by atoms with Crippen LogP contribution in [0.15, 0.2) is 0 Å². The van der Waals surface area contributed by atoms with Gasteiger partial charge in [-0.2, -0.15) is 0 Å². The molecule has 0 spiro atoms. The Kier molecular flexibility index (Phi) is 6.93. The van der Waals surface area contributed by atoms with Gasteiger partial charge in [-0.05, 0) is 23.0 Å². The summed E-state index contributed by atoms with van der Waals surface area (Å²) in [5.74, 6) is 0.779. The highest BCUT2D eigenvalue weighted by Gasteiger charge is 2.38. The van der Waals surface area contributed by atoms with E-state index >= 15 is 0 Å². The Morgan fingerprint density at radius 3 is 2.27 bits per heavy atom. The maximum absolute atomic E-state index is 12.3. The normalized spacial score (nSPS) is 20.1. The number of carbonyl (C=O) groups is 2. The standard InChI is InChI=1S/C17H31NO3S/c1-16(2,3)7-9-21-10-8-18-14(19)11-13(15(18)20)22-12-17(4,5)6/h13H,7-12H2,1-6H3. The van der Waals surface area contributed by atoms with Gasteiger partial charge in [0, 0.05) is 13.0 Å². The van der Waals surface area contributed by atoms with Gasteiger partial charge in [0.2, 0.25) is 11.8 Å².